The molecule has 0 bridgehead atoms. The molecular weight excluding hydrogens is 430 g/mol. The summed E-state index contributed by atoms with van der Waals surface area (Å²) in [6.07, 6.45) is 2.56. The van der Waals surface area contributed by atoms with Gasteiger partial charge in [0.05, 0.1) is 18.9 Å². The highest BCUT2D eigenvalue weighted by Gasteiger charge is 2.24. The van der Waals surface area contributed by atoms with Gasteiger partial charge in [0.2, 0.25) is 0 Å². The third-order valence-corrected chi connectivity index (χ3v) is 6.03. The minimum atomic E-state index is -0.180. The largest absolute Gasteiger partial charge is 0.378 e. The number of fused-ring (bicyclic) bond motifs is 1. The number of morpholine rings is 1. The first-order chi connectivity index (χ1) is 16.6. The number of ether oxygens (including phenoxy) is 1. The van der Waals surface area contributed by atoms with E-state index in [-0.39, 0.29) is 5.91 Å². The van der Waals surface area contributed by atoms with Crippen LogP contribution in [0, 0.1) is 6.92 Å². The van der Waals surface area contributed by atoms with Crippen LogP contribution in [0.3, 0.4) is 0 Å². The Morgan fingerprint density at radius 3 is 2.68 bits per heavy atom. The van der Waals surface area contributed by atoms with Gasteiger partial charge in [0.1, 0.15) is 5.82 Å². The smallest absolute Gasteiger partial charge is 0.272 e. The number of benzene rings is 1. The third kappa shape index (κ3) is 4.03. The molecule has 1 N–H and O–H groups in total. The molecule has 9 nitrogen and oxygen atoms in total. The quantitative estimate of drug-likeness (QED) is 0.477. The number of anilines is 1. The van der Waals surface area contributed by atoms with Crippen molar-refractivity contribution in [3.8, 4) is 17.1 Å². The van der Waals surface area contributed by atoms with Crippen LogP contribution in [-0.4, -0.2) is 63.1 Å². The van der Waals surface area contributed by atoms with Gasteiger partial charge in [-0.2, -0.15) is 14.7 Å². The Bertz CT molecular complexity index is 1330. The molecule has 1 amide bonds. The number of aryl methyl sites for hydroxylation is 2. The molecule has 4 heterocycles. The lowest BCUT2D eigenvalue weighted by atomic mass is 10.1. The summed E-state index contributed by atoms with van der Waals surface area (Å²) in [4.78, 5) is 19.9. The monoisotopic (exact) mass is 459 g/mol. The lowest BCUT2D eigenvalue weighted by molar-refractivity contribution is 0.0949. The van der Waals surface area contributed by atoms with Crippen LogP contribution in [0.25, 0.3) is 22.7 Å². The van der Waals surface area contributed by atoms with Gasteiger partial charge in [-0.1, -0.05) is 30.7 Å². The van der Waals surface area contributed by atoms with Crippen LogP contribution >= 0.6 is 0 Å². The molecular formula is C25H29N7O2. The molecule has 34 heavy (non-hydrogen) atoms. The van der Waals surface area contributed by atoms with Crippen LogP contribution in [0.5, 0.6) is 0 Å². The number of carbonyl (C=O) groups is 1. The molecule has 1 fully saturated rings. The molecule has 0 spiro atoms. The first-order valence-electron chi connectivity index (χ1n) is 11.8. The van der Waals surface area contributed by atoms with Crippen molar-refractivity contribution >= 4 is 17.4 Å². The van der Waals surface area contributed by atoms with Crippen LogP contribution in [0.4, 0.5) is 5.82 Å². The molecule has 1 aliphatic rings. The first kappa shape index (κ1) is 22.1. The van der Waals surface area contributed by atoms with Crippen molar-refractivity contribution in [2.45, 2.75) is 27.2 Å². The number of hydrogen-bond acceptors (Lipinski definition) is 6. The Morgan fingerprint density at radius 2 is 1.94 bits per heavy atom. The molecule has 5 rings (SSSR count). The van der Waals surface area contributed by atoms with E-state index in [9.17, 15) is 4.79 Å². The van der Waals surface area contributed by atoms with Crippen molar-refractivity contribution in [3.63, 3.8) is 0 Å². The molecule has 1 saturated heterocycles. The van der Waals surface area contributed by atoms with E-state index in [1.807, 2.05) is 38.2 Å². The zero-order chi connectivity index (χ0) is 23.7. The fourth-order valence-corrected chi connectivity index (χ4v) is 4.33. The van der Waals surface area contributed by atoms with E-state index < -0.39 is 0 Å². The second-order valence-electron chi connectivity index (χ2n) is 8.36. The standard InChI is InChI=1S/C25H29N7O2/c1-4-19-23(25(33)26-5-2)29-32-22(30-11-13-34-14-12-30)16-21(27-24(19)32)31-10-9-20(28-31)18-8-6-7-17(3)15-18/h6-10,15-16H,4-5,11-14H2,1-3H3,(H,26,33). The number of carbonyl (C=O) groups excluding carboxylic acids is 1. The van der Waals surface area contributed by atoms with Gasteiger partial charge in [0, 0.05) is 43.0 Å². The van der Waals surface area contributed by atoms with Gasteiger partial charge in [-0.25, -0.2) is 9.67 Å². The summed E-state index contributed by atoms with van der Waals surface area (Å²) in [5.41, 5.74) is 5.05. The van der Waals surface area contributed by atoms with E-state index in [0.29, 0.717) is 43.3 Å². The van der Waals surface area contributed by atoms with E-state index in [1.54, 1.807) is 9.20 Å². The van der Waals surface area contributed by atoms with Crippen LogP contribution in [0.15, 0.2) is 42.6 Å². The maximum atomic E-state index is 12.8. The zero-order valence-electron chi connectivity index (χ0n) is 19.8. The Kier molecular flexibility index (Phi) is 6.02. The van der Waals surface area contributed by atoms with Crippen LogP contribution < -0.4 is 10.2 Å². The Labute approximate surface area is 198 Å². The fraction of sp³-hybridized carbons (Fsp3) is 0.360. The lowest BCUT2D eigenvalue weighted by Gasteiger charge is -2.29. The van der Waals surface area contributed by atoms with Crippen molar-refractivity contribution in [2.75, 3.05) is 37.7 Å². The fourth-order valence-electron chi connectivity index (χ4n) is 4.33. The molecule has 1 aliphatic heterocycles. The van der Waals surface area contributed by atoms with Crippen molar-refractivity contribution in [3.05, 3.63) is 59.4 Å². The van der Waals surface area contributed by atoms with Gasteiger partial charge in [0.15, 0.2) is 17.2 Å². The topological polar surface area (TPSA) is 89.6 Å². The van der Waals surface area contributed by atoms with E-state index in [4.69, 9.17) is 19.9 Å². The van der Waals surface area contributed by atoms with Gasteiger partial charge in [-0.05, 0) is 32.4 Å². The summed E-state index contributed by atoms with van der Waals surface area (Å²) < 4.78 is 9.15. The molecule has 0 radical (unpaired) electrons. The van der Waals surface area contributed by atoms with E-state index in [0.717, 1.165) is 35.7 Å². The summed E-state index contributed by atoms with van der Waals surface area (Å²) in [6.45, 7) is 9.30. The molecule has 9 heteroatoms. The summed E-state index contributed by atoms with van der Waals surface area (Å²) in [7, 11) is 0. The highest BCUT2D eigenvalue weighted by atomic mass is 16.5. The van der Waals surface area contributed by atoms with Gasteiger partial charge in [0.25, 0.3) is 5.91 Å². The SMILES string of the molecule is CCNC(=O)c1nn2c(N3CCOCC3)cc(-n3ccc(-c4cccc(C)c4)n3)nc2c1CC. The van der Waals surface area contributed by atoms with Crippen LogP contribution in [-0.2, 0) is 11.2 Å². The molecule has 0 saturated carbocycles. The zero-order valence-corrected chi connectivity index (χ0v) is 19.8. The minimum Gasteiger partial charge on any atom is -0.378 e. The number of hydrogen-bond donors (Lipinski definition) is 1. The Morgan fingerprint density at radius 1 is 1.12 bits per heavy atom. The average molecular weight is 460 g/mol. The van der Waals surface area contributed by atoms with Crippen molar-refractivity contribution < 1.29 is 9.53 Å². The first-order valence-corrected chi connectivity index (χ1v) is 11.8. The van der Waals surface area contributed by atoms with E-state index in [2.05, 4.69) is 35.3 Å². The summed E-state index contributed by atoms with van der Waals surface area (Å²) in [5.74, 6) is 1.38. The second-order valence-corrected chi connectivity index (χ2v) is 8.36. The van der Waals surface area contributed by atoms with Crippen molar-refractivity contribution in [1.82, 2.24) is 29.7 Å². The molecule has 176 valence electrons. The summed E-state index contributed by atoms with van der Waals surface area (Å²) in [6, 6.07) is 12.3. The van der Waals surface area contributed by atoms with Gasteiger partial charge in [-0.3, -0.25) is 4.79 Å². The lowest BCUT2D eigenvalue weighted by Crippen LogP contribution is -2.37. The summed E-state index contributed by atoms with van der Waals surface area (Å²) >= 11 is 0. The number of nitrogens with zero attached hydrogens (tertiary/aromatic N) is 6. The number of aromatic nitrogens is 5. The summed E-state index contributed by atoms with van der Waals surface area (Å²) in [5, 5.41) is 12.4. The van der Waals surface area contributed by atoms with Crippen molar-refractivity contribution in [2.24, 2.45) is 0 Å². The number of amides is 1. The third-order valence-electron chi connectivity index (χ3n) is 6.03. The predicted molar refractivity (Wildman–Crippen MR) is 131 cm³/mol. The van der Waals surface area contributed by atoms with Crippen LogP contribution in [0.2, 0.25) is 0 Å². The minimum absolute atomic E-state index is 0.180. The van der Waals surface area contributed by atoms with Crippen LogP contribution in [0.1, 0.15) is 35.5 Å². The molecule has 0 unspecified atom stereocenters. The maximum absolute atomic E-state index is 12.8. The van der Waals surface area contributed by atoms with E-state index in [1.165, 1.54) is 5.56 Å². The highest BCUT2D eigenvalue weighted by molar-refractivity contribution is 5.95. The maximum Gasteiger partial charge on any atom is 0.272 e. The number of nitrogens with one attached hydrogen (secondary N) is 1. The van der Waals surface area contributed by atoms with E-state index >= 15 is 0 Å². The molecule has 0 atom stereocenters. The Balaban J connectivity index is 1.66. The van der Waals surface area contributed by atoms with Gasteiger partial charge >= 0.3 is 0 Å². The highest BCUT2D eigenvalue weighted by Crippen LogP contribution is 2.26. The normalized spacial score (nSPS) is 14.0. The second kappa shape index (κ2) is 9.26. The molecule has 1 aromatic carbocycles. The van der Waals surface area contributed by atoms with Crippen molar-refractivity contribution in [1.29, 1.82) is 0 Å². The average Bonchev–Trinajstić information content (AvgIpc) is 3.49. The number of rotatable bonds is 6. The predicted octanol–water partition coefficient (Wildman–Crippen LogP) is 3.04. The molecule has 3 aromatic heterocycles. The molecule has 0 aliphatic carbocycles. The molecule has 4 aromatic rings. The van der Waals surface area contributed by atoms with Gasteiger partial charge in [-0.15, -0.1) is 0 Å². The Hall–Kier alpha value is -3.72. The van der Waals surface area contributed by atoms with Gasteiger partial charge < -0.3 is 15.0 Å².